The summed E-state index contributed by atoms with van der Waals surface area (Å²) in [6.07, 6.45) is 5.85. The summed E-state index contributed by atoms with van der Waals surface area (Å²) in [6, 6.07) is 0. The Labute approximate surface area is 101 Å². The highest BCUT2D eigenvalue weighted by Gasteiger charge is 2.07. The van der Waals surface area contributed by atoms with Crippen LogP contribution in [0.3, 0.4) is 0 Å². The summed E-state index contributed by atoms with van der Waals surface area (Å²) < 4.78 is 5.10. The number of aromatic nitrogens is 1. The SMILES string of the molecule is CCCCCCc1onc(C)c1N.C[N+](=O)[O-]. The van der Waals surface area contributed by atoms with Crippen LogP contribution in [0.5, 0.6) is 0 Å². The molecule has 0 bridgehead atoms. The molecule has 0 aromatic carbocycles. The van der Waals surface area contributed by atoms with Gasteiger partial charge in [-0.1, -0.05) is 31.3 Å². The van der Waals surface area contributed by atoms with Crippen molar-refractivity contribution in [1.82, 2.24) is 5.16 Å². The molecule has 0 fully saturated rings. The maximum atomic E-state index is 8.81. The number of anilines is 1. The maximum Gasteiger partial charge on any atom is 0.194 e. The third-order valence-corrected chi connectivity index (χ3v) is 2.24. The lowest BCUT2D eigenvalue weighted by Crippen LogP contribution is -1.91. The molecule has 6 nitrogen and oxygen atoms in total. The van der Waals surface area contributed by atoms with Crippen LogP contribution in [-0.2, 0) is 6.42 Å². The fourth-order valence-corrected chi connectivity index (χ4v) is 1.32. The standard InChI is InChI=1S/C10H18N2O.CH3NO2/c1-3-4-5-6-7-9-10(11)8(2)12-13-9;1-2(3)4/h3-7,11H2,1-2H3;1H3. The van der Waals surface area contributed by atoms with Gasteiger partial charge in [0.25, 0.3) is 0 Å². The summed E-state index contributed by atoms with van der Waals surface area (Å²) >= 11 is 0. The predicted molar refractivity (Wildman–Crippen MR) is 66.4 cm³/mol. The number of unbranched alkanes of at least 4 members (excludes halogenated alkanes) is 3. The molecule has 0 atom stereocenters. The van der Waals surface area contributed by atoms with E-state index in [1.54, 1.807) is 0 Å². The number of aryl methyl sites for hydroxylation is 2. The first kappa shape index (κ1) is 15.4. The number of hydrogen-bond acceptors (Lipinski definition) is 5. The second kappa shape index (κ2) is 8.55. The zero-order chi connectivity index (χ0) is 13.3. The number of nitro groups is 1. The van der Waals surface area contributed by atoms with E-state index in [4.69, 9.17) is 20.4 Å². The quantitative estimate of drug-likeness (QED) is 0.487. The highest BCUT2D eigenvalue weighted by molar-refractivity contribution is 5.45. The first-order chi connectivity index (χ1) is 7.99. The Morgan fingerprint density at radius 2 is 2.00 bits per heavy atom. The van der Waals surface area contributed by atoms with Gasteiger partial charge in [-0.15, -0.1) is 0 Å². The zero-order valence-electron chi connectivity index (χ0n) is 10.7. The van der Waals surface area contributed by atoms with Gasteiger partial charge in [0, 0.05) is 11.3 Å². The van der Waals surface area contributed by atoms with Gasteiger partial charge in [-0.2, -0.15) is 0 Å². The van der Waals surface area contributed by atoms with Crippen LogP contribution >= 0.6 is 0 Å². The van der Waals surface area contributed by atoms with Gasteiger partial charge in [-0.3, -0.25) is 10.1 Å². The number of nitrogens with zero attached hydrogens (tertiary/aromatic N) is 2. The van der Waals surface area contributed by atoms with E-state index in [1.165, 1.54) is 19.3 Å². The summed E-state index contributed by atoms with van der Waals surface area (Å²) in [4.78, 5) is 8.31. The Kier molecular flexibility index (Phi) is 7.75. The van der Waals surface area contributed by atoms with E-state index in [9.17, 15) is 0 Å². The first-order valence-electron chi connectivity index (χ1n) is 5.77. The molecular formula is C11H21N3O3. The van der Waals surface area contributed by atoms with Crippen molar-refractivity contribution in [3.63, 3.8) is 0 Å². The van der Waals surface area contributed by atoms with Gasteiger partial charge in [0.2, 0.25) is 0 Å². The third-order valence-electron chi connectivity index (χ3n) is 2.24. The highest BCUT2D eigenvalue weighted by Crippen LogP contribution is 2.18. The van der Waals surface area contributed by atoms with Gasteiger partial charge >= 0.3 is 0 Å². The minimum atomic E-state index is -0.500. The highest BCUT2D eigenvalue weighted by atomic mass is 16.6. The lowest BCUT2D eigenvalue weighted by Gasteiger charge is -1.96. The average molecular weight is 243 g/mol. The van der Waals surface area contributed by atoms with Crippen molar-refractivity contribution >= 4 is 5.69 Å². The molecule has 0 radical (unpaired) electrons. The van der Waals surface area contributed by atoms with E-state index in [2.05, 4.69) is 12.1 Å². The van der Waals surface area contributed by atoms with Gasteiger partial charge in [-0.25, -0.2) is 0 Å². The molecule has 0 saturated heterocycles. The van der Waals surface area contributed by atoms with E-state index in [0.29, 0.717) is 0 Å². The van der Waals surface area contributed by atoms with E-state index < -0.39 is 4.92 Å². The van der Waals surface area contributed by atoms with Gasteiger partial charge in [0.15, 0.2) is 12.8 Å². The largest absolute Gasteiger partial charge is 0.394 e. The van der Waals surface area contributed by atoms with Gasteiger partial charge in [0.1, 0.15) is 5.69 Å². The molecule has 0 unspecified atom stereocenters. The van der Waals surface area contributed by atoms with Crippen molar-refractivity contribution in [3.05, 3.63) is 21.6 Å². The van der Waals surface area contributed by atoms with E-state index >= 15 is 0 Å². The van der Waals surface area contributed by atoms with Crippen molar-refractivity contribution in [2.24, 2.45) is 0 Å². The molecule has 1 rings (SSSR count). The van der Waals surface area contributed by atoms with Crippen LogP contribution in [0.2, 0.25) is 0 Å². The van der Waals surface area contributed by atoms with Crippen LogP contribution in [0.4, 0.5) is 5.69 Å². The van der Waals surface area contributed by atoms with Crippen LogP contribution in [-0.4, -0.2) is 17.1 Å². The number of rotatable bonds is 5. The van der Waals surface area contributed by atoms with Gasteiger partial charge in [0.05, 0.1) is 5.69 Å². The Hall–Kier alpha value is -1.59. The van der Waals surface area contributed by atoms with Crippen LogP contribution in [0.25, 0.3) is 0 Å². The molecular weight excluding hydrogens is 222 g/mol. The predicted octanol–water partition coefficient (Wildman–Crippen LogP) is 2.58. The molecule has 17 heavy (non-hydrogen) atoms. The molecule has 6 heteroatoms. The first-order valence-corrected chi connectivity index (χ1v) is 5.77. The lowest BCUT2D eigenvalue weighted by atomic mass is 10.1. The molecule has 0 aliphatic rings. The third kappa shape index (κ3) is 7.32. The Bertz CT molecular complexity index is 333. The Morgan fingerprint density at radius 3 is 2.41 bits per heavy atom. The number of nitrogens with two attached hydrogens (primary N) is 1. The number of nitrogen functional groups attached to an aromatic ring is 1. The molecule has 0 saturated carbocycles. The molecule has 2 N–H and O–H groups in total. The second-order valence-electron chi connectivity index (χ2n) is 3.86. The molecule has 0 aliphatic heterocycles. The number of hydrogen-bond donors (Lipinski definition) is 1. The second-order valence-corrected chi connectivity index (χ2v) is 3.86. The monoisotopic (exact) mass is 243 g/mol. The molecule has 1 heterocycles. The summed E-state index contributed by atoms with van der Waals surface area (Å²) in [7, 11) is 0.889. The van der Waals surface area contributed by atoms with Crippen LogP contribution in [0, 0.1) is 17.0 Å². The summed E-state index contributed by atoms with van der Waals surface area (Å²) in [5, 5.41) is 12.6. The van der Waals surface area contributed by atoms with Crippen molar-refractivity contribution in [1.29, 1.82) is 0 Å². The Morgan fingerprint density at radius 1 is 1.41 bits per heavy atom. The van der Waals surface area contributed by atoms with E-state index in [0.717, 1.165) is 37.0 Å². The minimum absolute atomic E-state index is 0.500. The molecule has 0 spiro atoms. The fraction of sp³-hybridized carbons (Fsp3) is 0.727. The van der Waals surface area contributed by atoms with Crippen molar-refractivity contribution in [2.45, 2.75) is 46.0 Å². The molecule has 0 amide bonds. The lowest BCUT2D eigenvalue weighted by molar-refractivity contribution is -0.445. The summed E-state index contributed by atoms with van der Waals surface area (Å²) in [6.45, 7) is 4.07. The van der Waals surface area contributed by atoms with E-state index in [-0.39, 0.29) is 0 Å². The smallest absolute Gasteiger partial charge is 0.194 e. The minimum Gasteiger partial charge on any atom is -0.394 e. The van der Waals surface area contributed by atoms with Gasteiger partial charge < -0.3 is 10.3 Å². The molecule has 0 aliphatic carbocycles. The normalized spacial score (nSPS) is 9.59. The van der Waals surface area contributed by atoms with Crippen LogP contribution < -0.4 is 5.73 Å². The van der Waals surface area contributed by atoms with Crippen molar-refractivity contribution in [3.8, 4) is 0 Å². The van der Waals surface area contributed by atoms with E-state index in [1.807, 2.05) is 6.92 Å². The van der Waals surface area contributed by atoms with Crippen molar-refractivity contribution < 1.29 is 9.45 Å². The molecule has 1 aromatic heterocycles. The van der Waals surface area contributed by atoms with Crippen molar-refractivity contribution in [2.75, 3.05) is 12.8 Å². The van der Waals surface area contributed by atoms with Gasteiger partial charge in [-0.05, 0) is 13.3 Å². The topological polar surface area (TPSA) is 95.2 Å². The molecule has 1 aromatic rings. The summed E-state index contributed by atoms with van der Waals surface area (Å²) in [5.41, 5.74) is 7.30. The Balaban J connectivity index is 0.000000557. The summed E-state index contributed by atoms with van der Waals surface area (Å²) in [5.74, 6) is 0.855. The molecule has 98 valence electrons. The van der Waals surface area contributed by atoms with Crippen LogP contribution in [0.1, 0.15) is 44.1 Å². The zero-order valence-corrected chi connectivity index (χ0v) is 10.7. The van der Waals surface area contributed by atoms with Crippen LogP contribution in [0.15, 0.2) is 4.52 Å². The maximum absolute atomic E-state index is 8.81. The fourth-order valence-electron chi connectivity index (χ4n) is 1.32. The average Bonchev–Trinajstić information content (AvgIpc) is 2.55.